The van der Waals surface area contributed by atoms with Crippen LogP contribution in [0.2, 0.25) is 10.0 Å². The number of hydrogen-bond acceptors (Lipinski definition) is 6. The van der Waals surface area contributed by atoms with Crippen molar-refractivity contribution < 1.29 is 19.1 Å². The molecule has 1 atom stereocenters. The number of nitrogens with two attached hydrogens (primary N) is 1. The lowest BCUT2D eigenvalue weighted by atomic mass is 10.1. The third kappa shape index (κ3) is 6.38. The van der Waals surface area contributed by atoms with E-state index in [1.165, 1.54) is 4.68 Å². The van der Waals surface area contributed by atoms with Crippen LogP contribution >= 0.6 is 23.2 Å². The molecule has 2 aromatic carbocycles. The molecule has 1 aliphatic rings. The Kier molecular flexibility index (Phi) is 7.84. The van der Waals surface area contributed by atoms with Gasteiger partial charge in [-0.1, -0.05) is 29.3 Å². The maximum absolute atomic E-state index is 13.0. The van der Waals surface area contributed by atoms with Gasteiger partial charge in [0.15, 0.2) is 5.69 Å². The predicted octanol–water partition coefficient (Wildman–Crippen LogP) is 4.76. The molecule has 3 amide bonds. The smallest absolute Gasteiger partial charge is 0.407 e. The highest BCUT2D eigenvalue weighted by molar-refractivity contribution is 6.37. The van der Waals surface area contributed by atoms with Crippen LogP contribution in [0.25, 0.3) is 5.69 Å². The highest BCUT2D eigenvalue weighted by Gasteiger charge is 2.29. The van der Waals surface area contributed by atoms with Crippen LogP contribution in [0.5, 0.6) is 0 Å². The van der Waals surface area contributed by atoms with Gasteiger partial charge >= 0.3 is 6.09 Å². The summed E-state index contributed by atoms with van der Waals surface area (Å²) in [4.78, 5) is 38.8. The average molecular weight is 559 g/mol. The van der Waals surface area contributed by atoms with E-state index in [-0.39, 0.29) is 17.6 Å². The molecule has 0 radical (unpaired) electrons. The van der Waals surface area contributed by atoms with Crippen LogP contribution in [0.1, 0.15) is 48.0 Å². The van der Waals surface area contributed by atoms with Crippen molar-refractivity contribution in [3.05, 3.63) is 70.0 Å². The van der Waals surface area contributed by atoms with Crippen LogP contribution in [0.4, 0.5) is 16.2 Å². The van der Waals surface area contributed by atoms with Gasteiger partial charge in [-0.25, -0.2) is 9.48 Å². The van der Waals surface area contributed by atoms with Crippen molar-refractivity contribution in [2.45, 2.75) is 38.8 Å². The Labute approximate surface area is 230 Å². The number of hydrogen-bond donors (Lipinski definition) is 3. The van der Waals surface area contributed by atoms with Crippen molar-refractivity contribution in [2.24, 2.45) is 5.73 Å². The molecule has 200 valence electrons. The summed E-state index contributed by atoms with van der Waals surface area (Å²) in [5.41, 5.74) is 6.81. The minimum absolute atomic E-state index is 0.00161. The summed E-state index contributed by atoms with van der Waals surface area (Å²) in [6, 6.07) is 11.6. The maximum Gasteiger partial charge on any atom is 0.407 e. The zero-order valence-electron chi connectivity index (χ0n) is 21.1. The molecule has 1 aromatic heterocycles. The molecule has 3 aromatic rings. The number of ether oxygens (including phenoxy) is 1. The highest BCUT2D eigenvalue weighted by Crippen LogP contribution is 2.30. The number of anilines is 2. The first-order valence-corrected chi connectivity index (χ1v) is 12.7. The normalized spacial score (nSPS) is 15.3. The maximum atomic E-state index is 13.0. The highest BCUT2D eigenvalue weighted by atomic mass is 35.5. The van der Waals surface area contributed by atoms with Crippen molar-refractivity contribution in [3.8, 4) is 5.69 Å². The van der Waals surface area contributed by atoms with Crippen LogP contribution in [-0.4, -0.2) is 57.3 Å². The van der Waals surface area contributed by atoms with Crippen LogP contribution in [0.3, 0.4) is 0 Å². The molecule has 0 spiro atoms. The number of alkyl carbamates (subject to hydrolysis) is 1. The fourth-order valence-corrected chi connectivity index (χ4v) is 4.61. The summed E-state index contributed by atoms with van der Waals surface area (Å²) >= 11 is 12.6. The van der Waals surface area contributed by atoms with Crippen molar-refractivity contribution in [3.63, 3.8) is 0 Å². The lowest BCUT2D eigenvalue weighted by molar-refractivity contribution is 0.0502. The van der Waals surface area contributed by atoms with E-state index in [1.54, 1.807) is 74.3 Å². The van der Waals surface area contributed by atoms with Crippen LogP contribution in [0.15, 0.2) is 48.7 Å². The summed E-state index contributed by atoms with van der Waals surface area (Å²) in [6.45, 7) is 6.30. The van der Waals surface area contributed by atoms with Crippen LogP contribution in [0, 0.1) is 0 Å². The first kappa shape index (κ1) is 27.3. The number of primary amides is 1. The second-order valence-electron chi connectivity index (χ2n) is 9.86. The Bertz CT molecular complexity index is 1350. The Morgan fingerprint density at radius 1 is 1.08 bits per heavy atom. The van der Waals surface area contributed by atoms with Gasteiger partial charge in [0.1, 0.15) is 11.3 Å². The van der Waals surface area contributed by atoms with Gasteiger partial charge in [-0.15, -0.1) is 0 Å². The standard InChI is InChI=1S/C26H28Cl2N6O4/c1-26(2,3)38-25(37)31-17-11-12-33(13-17)24(36)15-7-9-16(10-8-15)30-20-14-34(32-21(20)23(29)35)22-18(27)5-4-6-19(22)28/h4-10,14,17,30H,11-13H2,1-3H3,(H2,29,35)(H,31,37). The molecule has 38 heavy (non-hydrogen) atoms. The fraction of sp³-hybridized carbons (Fsp3) is 0.308. The Morgan fingerprint density at radius 2 is 1.74 bits per heavy atom. The molecule has 4 N–H and O–H groups in total. The van der Waals surface area contributed by atoms with Crippen LogP contribution < -0.4 is 16.4 Å². The van der Waals surface area contributed by atoms with Crippen molar-refractivity contribution in [1.82, 2.24) is 20.0 Å². The molecule has 12 heteroatoms. The summed E-state index contributed by atoms with van der Waals surface area (Å²) < 4.78 is 6.68. The van der Waals surface area contributed by atoms with E-state index in [0.717, 1.165) is 0 Å². The van der Waals surface area contributed by atoms with Gasteiger partial charge in [-0.05, 0) is 63.6 Å². The Morgan fingerprint density at radius 3 is 2.34 bits per heavy atom. The molecule has 1 unspecified atom stereocenters. The average Bonchev–Trinajstić information content (AvgIpc) is 3.45. The molecule has 0 aliphatic carbocycles. The first-order chi connectivity index (χ1) is 17.9. The zero-order chi connectivity index (χ0) is 27.6. The number of rotatable bonds is 6. The lowest BCUT2D eigenvalue weighted by Gasteiger charge is -2.22. The number of aromatic nitrogens is 2. The largest absolute Gasteiger partial charge is 0.444 e. The number of carbonyl (C=O) groups excluding carboxylic acids is 3. The summed E-state index contributed by atoms with van der Waals surface area (Å²) in [6.07, 6.45) is 1.71. The molecule has 1 fully saturated rings. The minimum atomic E-state index is -0.732. The monoisotopic (exact) mass is 558 g/mol. The van der Waals surface area contributed by atoms with E-state index in [1.807, 2.05) is 0 Å². The number of carbonyl (C=O) groups is 3. The molecular formula is C26H28Cl2N6O4. The second-order valence-corrected chi connectivity index (χ2v) is 10.7. The van der Waals surface area contributed by atoms with Gasteiger partial charge in [0.05, 0.1) is 28.0 Å². The lowest BCUT2D eigenvalue weighted by Crippen LogP contribution is -2.41. The fourth-order valence-electron chi connectivity index (χ4n) is 4.04. The summed E-state index contributed by atoms with van der Waals surface area (Å²) in [5, 5.41) is 10.9. The molecule has 1 saturated heterocycles. The number of halogens is 2. The quantitative estimate of drug-likeness (QED) is 0.399. The van der Waals surface area contributed by atoms with Gasteiger partial charge in [-0.2, -0.15) is 5.10 Å². The van der Waals surface area contributed by atoms with E-state index in [9.17, 15) is 14.4 Å². The molecule has 0 bridgehead atoms. The summed E-state index contributed by atoms with van der Waals surface area (Å²) in [5.74, 6) is -0.881. The van der Waals surface area contributed by atoms with E-state index in [4.69, 9.17) is 33.7 Å². The van der Waals surface area contributed by atoms with Gasteiger partial charge in [0, 0.05) is 24.3 Å². The molecule has 0 saturated carbocycles. The third-order valence-corrected chi connectivity index (χ3v) is 6.33. The van der Waals surface area contributed by atoms with Crippen LogP contribution in [-0.2, 0) is 4.74 Å². The predicted molar refractivity (Wildman–Crippen MR) is 146 cm³/mol. The van der Waals surface area contributed by atoms with E-state index in [0.29, 0.717) is 52.2 Å². The van der Waals surface area contributed by atoms with Gasteiger partial charge < -0.3 is 26.0 Å². The topological polar surface area (TPSA) is 132 Å². The van der Waals surface area contributed by atoms with Crippen molar-refractivity contribution in [2.75, 3.05) is 18.4 Å². The van der Waals surface area contributed by atoms with Crippen molar-refractivity contribution >= 4 is 52.5 Å². The van der Waals surface area contributed by atoms with Gasteiger partial charge in [0.2, 0.25) is 0 Å². The number of likely N-dealkylation sites (tertiary alicyclic amines) is 1. The molecular weight excluding hydrogens is 531 g/mol. The number of amides is 3. The molecule has 4 rings (SSSR count). The van der Waals surface area contributed by atoms with Gasteiger partial charge in [0.25, 0.3) is 11.8 Å². The number of benzene rings is 2. The van der Waals surface area contributed by atoms with Gasteiger partial charge in [-0.3, -0.25) is 9.59 Å². The second kappa shape index (κ2) is 10.9. The third-order valence-electron chi connectivity index (χ3n) is 5.72. The van der Waals surface area contributed by atoms with Crippen molar-refractivity contribution in [1.29, 1.82) is 0 Å². The van der Waals surface area contributed by atoms with E-state index >= 15 is 0 Å². The SMILES string of the molecule is CC(C)(C)OC(=O)NC1CCN(C(=O)c2ccc(Nc3cn(-c4c(Cl)cccc4Cl)nc3C(N)=O)cc2)C1. The summed E-state index contributed by atoms with van der Waals surface area (Å²) in [7, 11) is 0. The molecule has 2 heterocycles. The minimum Gasteiger partial charge on any atom is -0.444 e. The zero-order valence-corrected chi connectivity index (χ0v) is 22.6. The first-order valence-electron chi connectivity index (χ1n) is 11.9. The Balaban J connectivity index is 1.43. The Hall–Kier alpha value is -3.76. The van der Waals surface area contributed by atoms with E-state index in [2.05, 4.69) is 15.7 Å². The molecule has 10 nitrogen and oxygen atoms in total. The molecule has 1 aliphatic heterocycles. The number of nitrogens with one attached hydrogen (secondary N) is 2. The van der Waals surface area contributed by atoms with E-state index < -0.39 is 17.6 Å². The number of para-hydroxylation sites is 1. The number of nitrogens with zero attached hydrogens (tertiary/aromatic N) is 3.